The highest BCUT2D eigenvalue weighted by molar-refractivity contribution is 5.96. The average molecular weight is 331 g/mol. The van der Waals surface area contributed by atoms with Gasteiger partial charge in [0.2, 0.25) is 5.91 Å². The Kier molecular flexibility index (Phi) is 4.42. The van der Waals surface area contributed by atoms with Gasteiger partial charge >= 0.3 is 12.0 Å². The van der Waals surface area contributed by atoms with E-state index >= 15 is 0 Å². The van der Waals surface area contributed by atoms with E-state index in [1.165, 1.54) is 0 Å². The lowest BCUT2D eigenvalue weighted by Gasteiger charge is -2.34. The van der Waals surface area contributed by atoms with Crippen molar-refractivity contribution in [3.63, 3.8) is 0 Å². The molecular formula is C17H21N3O4. The van der Waals surface area contributed by atoms with E-state index in [0.29, 0.717) is 31.5 Å². The van der Waals surface area contributed by atoms with Crippen LogP contribution < -0.4 is 10.6 Å². The van der Waals surface area contributed by atoms with Gasteiger partial charge in [-0.1, -0.05) is 13.0 Å². The summed E-state index contributed by atoms with van der Waals surface area (Å²) in [6.45, 7) is 2.70. The molecule has 0 radical (unpaired) electrons. The number of carboxylic acid groups (broad SMARTS) is 1. The van der Waals surface area contributed by atoms with Gasteiger partial charge in [-0.05, 0) is 36.5 Å². The molecule has 0 spiro atoms. The molecular weight excluding hydrogens is 310 g/mol. The zero-order valence-corrected chi connectivity index (χ0v) is 13.5. The van der Waals surface area contributed by atoms with Crippen molar-refractivity contribution in [3.05, 3.63) is 23.8 Å². The van der Waals surface area contributed by atoms with Crippen LogP contribution in [0.5, 0.6) is 0 Å². The number of aliphatic carboxylic acids is 1. The molecule has 1 aromatic rings. The zero-order chi connectivity index (χ0) is 17.3. The van der Waals surface area contributed by atoms with Crippen molar-refractivity contribution in [2.45, 2.75) is 26.2 Å². The molecule has 2 heterocycles. The third-order valence-electron chi connectivity index (χ3n) is 4.55. The standard InChI is InChI=1S/C17H21N3O4/c1-10-6-12(16(22)23)9-20(8-10)17(24)18-13-4-2-11-3-5-15(21)19-14(11)7-13/h2,4,7,10,12H,3,5-6,8-9H2,1H3,(H,18,24)(H,19,21)(H,22,23). The number of rotatable bonds is 2. The molecule has 1 saturated heterocycles. The first-order valence-corrected chi connectivity index (χ1v) is 8.14. The number of carbonyl (C=O) groups is 3. The fraction of sp³-hybridized carbons (Fsp3) is 0.471. The first kappa shape index (κ1) is 16.3. The fourth-order valence-corrected chi connectivity index (χ4v) is 3.35. The highest BCUT2D eigenvalue weighted by atomic mass is 16.4. The highest BCUT2D eigenvalue weighted by Crippen LogP contribution is 2.27. The summed E-state index contributed by atoms with van der Waals surface area (Å²) < 4.78 is 0. The second-order valence-corrected chi connectivity index (χ2v) is 6.63. The van der Waals surface area contributed by atoms with Crippen LogP contribution in [0.2, 0.25) is 0 Å². The lowest BCUT2D eigenvalue weighted by molar-refractivity contribution is -0.143. The molecule has 0 saturated carbocycles. The number of hydrogen-bond acceptors (Lipinski definition) is 3. The predicted octanol–water partition coefficient (Wildman–Crippen LogP) is 2.15. The van der Waals surface area contributed by atoms with Crippen molar-refractivity contribution >= 4 is 29.3 Å². The number of carbonyl (C=O) groups excluding carboxylic acids is 2. The SMILES string of the molecule is CC1CC(C(=O)O)CN(C(=O)Nc2ccc3c(c2)NC(=O)CC3)C1. The number of piperidine rings is 1. The number of nitrogens with zero attached hydrogens (tertiary/aromatic N) is 1. The third-order valence-corrected chi connectivity index (χ3v) is 4.55. The van der Waals surface area contributed by atoms with Gasteiger partial charge in [0.05, 0.1) is 5.92 Å². The number of likely N-dealkylation sites (tertiary alicyclic amines) is 1. The van der Waals surface area contributed by atoms with E-state index in [1.54, 1.807) is 17.0 Å². The van der Waals surface area contributed by atoms with E-state index in [1.807, 2.05) is 13.0 Å². The third kappa shape index (κ3) is 3.50. The largest absolute Gasteiger partial charge is 0.481 e. The second kappa shape index (κ2) is 6.51. The molecule has 0 aliphatic carbocycles. The topological polar surface area (TPSA) is 98.7 Å². The van der Waals surface area contributed by atoms with E-state index in [0.717, 1.165) is 11.3 Å². The lowest BCUT2D eigenvalue weighted by atomic mass is 9.91. The molecule has 2 atom stereocenters. The normalized spacial score (nSPS) is 23.2. The van der Waals surface area contributed by atoms with Crippen molar-refractivity contribution in [1.82, 2.24) is 4.90 Å². The Morgan fingerprint density at radius 2 is 2.08 bits per heavy atom. The van der Waals surface area contributed by atoms with Crippen LogP contribution in [0.1, 0.15) is 25.3 Å². The summed E-state index contributed by atoms with van der Waals surface area (Å²) in [5.41, 5.74) is 2.36. The lowest BCUT2D eigenvalue weighted by Crippen LogP contribution is -2.47. The molecule has 2 unspecified atom stereocenters. The smallest absolute Gasteiger partial charge is 0.321 e. The molecule has 1 aromatic carbocycles. The highest BCUT2D eigenvalue weighted by Gasteiger charge is 2.32. The van der Waals surface area contributed by atoms with Crippen LogP contribution in [-0.2, 0) is 16.0 Å². The van der Waals surface area contributed by atoms with E-state index in [9.17, 15) is 19.5 Å². The van der Waals surface area contributed by atoms with Crippen LogP contribution in [0.4, 0.5) is 16.2 Å². The van der Waals surface area contributed by atoms with Gasteiger partial charge in [-0.3, -0.25) is 9.59 Å². The Morgan fingerprint density at radius 3 is 2.83 bits per heavy atom. The van der Waals surface area contributed by atoms with E-state index in [4.69, 9.17) is 0 Å². The molecule has 128 valence electrons. The Balaban J connectivity index is 1.69. The molecule has 0 bridgehead atoms. The summed E-state index contributed by atoms with van der Waals surface area (Å²) in [4.78, 5) is 36.7. The Bertz CT molecular complexity index is 688. The minimum absolute atomic E-state index is 0.0277. The molecule has 7 heteroatoms. The zero-order valence-electron chi connectivity index (χ0n) is 13.5. The fourth-order valence-electron chi connectivity index (χ4n) is 3.35. The predicted molar refractivity (Wildman–Crippen MR) is 88.9 cm³/mol. The van der Waals surface area contributed by atoms with Crippen LogP contribution >= 0.6 is 0 Å². The van der Waals surface area contributed by atoms with Crippen LogP contribution in [0.15, 0.2) is 18.2 Å². The van der Waals surface area contributed by atoms with Crippen LogP contribution in [0.25, 0.3) is 0 Å². The molecule has 7 nitrogen and oxygen atoms in total. The Morgan fingerprint density at radius 1 is 1.29 bits per heavy atom. The van der Waals surface area contributed by atoms with Gasteiger partial charge in [-0.15, -0.1) is 0 Å². The van der Waals surface area contributed by atoms with Crippen molar-refractivity contribution in [2.75, 3.05) is 23.7 Å². The van der Waals surface area contributed by atoms with Crippen molar-refractivity contribution < 1.29 is 19.5 Å². The Hall–Kier alpha value is -2.57. The number of amides is 3. The number of anilines is 2. The number of hydrogen-bond donors (Lipinski definition) is 3. The summed E-state index contributed by atoms with van der Waals surface area (Å²) in [6, 6.07) is 5.13. The average Bonchev–Trinajstić information content (AvgIpc) is 2.53. The van der Waals surface area contributed by atoms with Gasteiger partial charge < -0.3 is 20.6 Å². The van der Waals surface area contributed by atoms with Crippen molar-refractivity contribution in [3.8, 4) is 0 Å². The van der Waals surface area contributed by atoms with Crippen LogP contribution in [0, 0.1) is 11.8 Å². The number of fused-ring (bicyclic) bond motifs is 1. The number of urea groups is 1. The summed E-state index contributed by atoms with van der Waals surface area (Å²) >= 11 is 0. The van der Waals surface area contributed by atoms with Crippen LogP contribution in [0.3, 0.4) is 0 Å². The van der Waals surface area contributed by atoms with Gasteiger partial charge in [-0.2, -0.15) is 0 Å². The van der Waals surface area contributed by atoms with Gasteiger partial charge in [0.1, 0.15) is 0 Å². The second-order valence-electron chi connectivity index (χ2n) is 6.63. The first-order chi connectivity index (χ1) is 11.4. The van der Waals surface area contributed by atoms with Gasteiger partial charge in [0.15, 0.2) is 0 Å². The summed E-state index contributed by atoms with van der Waals surface area (Å²) in [6.07, 6.45) is 1.75. The monoisotopic (exact) mass is 331 g/mol. The molecule has 3 rings (SSSR count). The molecule has 2 aliphatic heterocycles. The minimum atomic E-state index is -0.865. The molecule has 24 heavy (non-hydrogen) atoms. The molecule has 3 N–H and O–H groups in total. The quantitative estimate of drug-likeness (QED) is 0.773. The van der Waals surface area contributed by atoms with Gasteiger partial charge in [0.25, 0.3) is 0 Å². The molecule has 2 aliphatic rings. The molecule has 3 amide bonds. The summed E-state index contributed by atoms with van der Waals surface area (Å²) in [5, 5.41) is 14.8. The summed E-state index contributed by atoms with van der Waals surface area (Å²) in [5.74, 6) is -1.27. The van der Waals surface area contributed by atoms with Crippen LogP contribution in [-0.4, -0.2) is 41.0 Å². The van der Waals surface area contributed by atoms with Crippen molar-refractivity contribution in [1.29, 1.82) is 0 Å². The minimum Gasteiger partial charge on any atom is -0.481 e. The van der Waals surface area contributed by atoms with E-state index in [-0.39, 0.29) is 24.4 Å². The number of nitrogens with one attached hydrogen (secondary N) is 2. The van der Waals surface area contributed by atoms with Gasteiger partial charge in [0, 0.05) is 30.9 Å². The van der Waals surface area contributed by atoms with Gasteiger partial charge in [-0.25, -0.2) is 4.79 Å². The maximum Gasteiger partial charge on any atom is 0.321 e. The number of aryl methyl sites for hydroxylation is 1. The maximum absolute atomic E-state index is 12.4. The number of carboxylic acids is 1. The summed E-state index contributed by atoms with van der Waals surface area (Å²) in [7, 11) is 0. The van der Waals surface area contributed by atoms with E-state index < -0.39 is 11.9 Å². The first-order valence-electron chi connectivity index (χ1n) is 8.14. The van der Waals surface area contributed by atoms with Crippen molar-refractivity contribution in [2.24, 2.45) is 11.8 Å². The molecule has 0 aromatic heterocycles. The number of benzene rings is 1. The molecule has 1 fully saturated rings. The maximum atomic E-state index is 12.4. The van der Waals surface area contributed by atoms with E-state index in [2.05, 4.69) is 10.6 Å². The Labute approximate surface area is 140 Å².